The van der Waals surface area contributed by atoms with Gasteiger partial charge in [0.15, 0.2) is 0 Å². The third-order valence-corrected chi connectivity index (χ3v) is 3.94. The highest BCUT2D eigenvalue weighted by Crippen LogP contribution is 2.10. The lowest BCUT2D eigenvalue weighted by molar-refractivity contribution is 0.0717. The summed E-state index contributed by atoms with van der Waals surface area (Å²) in [5.74, 6) is -0.341. The Morgan fingerprint density at radius 1 is 1.22 bits per heavy atom. The summed E-state index contributed by atoms with van der Waals surface area (Å²) in [6.07, 6.45) is 4.52. The van der Waals surface area contributed by atoms with Crippen LogP contribution in [-0.2, 0) is 0 Å². The van der Waals surface area contributed by atoms with Gasteiger partial charge in [-0.25, -0.2) is 0 Å². The molecular weight excluding hydrogens is 318 g/mol. The second kappa shape index (κ2) is 6.78. The van der Waals surface area contributed by atoms with Gasteiger partial charge in [0.05, 0.1) is 6.21 Å². The van der Waals surface area contributed by atoms with Gasteiger partial charge in [0, 0.05) is 18.1 Å². The first kappa shape index (κ1) is 15.5. The van der Waals surface area contributed by atoms with Crippen LogP contribution in [-0.4, -0.2) is 45.2 Å². The number of amides is 1. The first-order chi connectivity index (χ1) is 11.1. The number of carbonyl (C=O) groups is 1. The zero-order chi connectivity index (χ0) is 16.2. The molecule has 0 saturated carbocycles. The van der Waals surface area contributed by atoms with E-state index in [0.29, 0.717) is 18.1 Å². The Morgan fingerprint density at radius 2 is 1.91 bits per heavy atom. The highest BCUT2D eigenvalue weighted by atomic mass is 35.5. The first-order valence-corrected chi connectivity index (χ1v) is 7.79. The van der Waals surface area contributed by atoms with Crippen LogP contribution in [0.15, 0.2) is 34.2 Å². The predicted molar refractivity (Wildman–Crippen MR) is 87.0 cm³/mol. The molecule has 1 aliphatic heterocycles. The van der Waals surface area contributed by atoms with E-state index in [1.807, 2.05) is 0 Å². The summed E-state index contributed by atoms with van der Waals surface area (Å²) in [5.41, 5.74) is 0.103. The fourth-order valence-corrected chi connectivity index (χ4v) is 2.55. The Bertz CT molecular complexity index is 772. The maximum absolute atomic E-state index is 12.3. The van der Waals surface area contributed by atoms with Crippen molar-refractivity contribution in [1.29, 1.82) is 0 Å². The maximum atomic E-state index is 12.3. The van der Waals surface area contributed by atoms with Crippen molar-refractivity contribution in [2.45, 2.75) is 19.3 Å². The van der Waals surface area contributed by atoms with E-state index >= 15 is 0 Å². The number of likely N-dealkylation sites (tertiary alicyclic amines) is 1. The van der Waals surface area contributed by atoms with Crippen LogP contribution in [0.1, 0.15) is 35.3 Å². The monoisotopic (exact) mass is 333 g/mol. The molecule has 0 unspecified atom stereocenters. The predicted octanol–water partition coefficient (Wildman–Crippen LogP) is 1.73. The number of aromatic amines is 1. The summed E-state index contributed by atoms with van der Waals surface area (Å²) >= 11 is 5.81. The standard InChI is InChI=1S/C15H16ClN5O2/c16-12-6-4-11(5-7-12)10-17-21-15(23)13(18-19-21)14(22)20-8-2-1-3-9-20/h4-7,10,19H,1-3,8-9H2. The number of carbonyl (C=O) groups excluding carboxylic acids is 1. The van der Waals surface area contributed by atoms with E-state index in [1.165, 1.54) is 6.21 Å². The van der Waals surface area contributed by atoms with E-state index in [-0.39, 0.29) is 11.6 Å². The number of nitrogens with one attached hydrogen (secondary N) is 1. The lowest BCUT2D eigenvalue weighted by Gasteiger charge is -2.25. The van der Waals surface area contributed by atoms with Gasteiger partial charge in [-0.05, 0) is 37.0 Å². The van der Waals surface area contributed by atoms with Crippen LogP contribution in [0.5, 0.6) is 0 Å². The lowest BCUT2D eigenvalue weighted by Crippen LogP contribution is -2.38. The Hall–Kier alpha value is -2.41. The van der Waals surface area contributed by atoms with Gasteiger partial charge in [-0.1, -0.05) is 23.7 Å². The van der Waals surface area contributed by atoms with Gasteiger partial charge < -0.3 is 4.90 Å². The summed E-state index contributed by atoms with van der Waals surface area (Å²) in [4.78, 5) is 27.1. The fourth-order valence-electron chi connectivity index (χ4n) is 2.43. The molecule has 0 radical (unpaired) electrons. The quantitative estimate of drug-likeness (QED) is 0.868. The van der Waals surface area contributed by atoms with E-state index in [4.69, 9.17) is 11.6 Å². The average molecular weight is 334 g/mol. The van der Waals surface area contributed by atoms with Crippen molar-refractivity contribution >= 4 is 23.7 Å². The normalized spacial score (nSPS) is 15.3. The molecule has 0 aliphatic carbocycles. The maximum Gasteiger partial charge on any atom is 0.320 e. The van der Waals surface area contributed by atoms with Gasteiger partial charge in [0.25, 0.3) is 5.91 Å². The van der Waals surface area contributed by atoms with Crippen LogP contribution in [0, 0.1) is 0 Å². The number of hydrogen-bond acceptors (Lipinski definition) is 4. The molecule has 23 heavy (non-hydrogen) atoms. The van der Waals surface area contributed by atoms with Crippen LogP contribution < -0.4 is 5.56 Å². The van der Waals surface area contributed by atoms with Gasteiger partial charge in [-0.2, -0.15) is 10.3 Å². The molecule has 0 spiro atoms. The van der Waals surface area contributed by atoms with Crippen LogP contribution in [0.25, 0.3) is 0 Å². The minimum Gasteiger partial charge on any atom is -0.337 e. The molecule has 1 saturated heterocycles. The summed E-state index contributed by atoms with van der Waals surface area (Å²) in [6.45, 7) is 1.33. The van der Waals surface area contributed by atoms with E-state index in [0.717, 1.165) is 29.6 Å². The van der Waals surface area contributed by atoms with Crippen molar-refractivity contribution in [3.05, 3.63) is 50.9 Å². The molecule has 1 aromatic carbocycles. The minimum absolute atomic E-state index is 0.125. The molecule has 3 rings (SSSR count). The second-order valence-corrected chi connectivity index (χ2v) is 5.76. The third kappa shape index (κ3) is 3.50. The number of rotatable bonds is 3. The van der Waals surface area contributed by atoms with E-state index in [9.17, 15) is 9.59 Å². The number of nitrogens with zero attached hydrogens (tertiary/aromatic N) is 4. The van der Waals surface area contributed by atoms with E-state index in [2.05, 4.69) is 15.4 Å². The van der Waals surface area contributed by atoms with Crippen molar-refractivity contribution in [3.63, 3.8) is 0 Å². The highest BCUT2D eigenvalue weighted by molar-refractivity contribution is 6.30. The molecule has 120 valence electrons. The van der Waals surface area contributed by atoms with Crippen molar-refractivity contribution < 1.29 is 4.79 Å². The molecule has 0 bridgehead atoms. The zero-order valence-electron chi connectivity index (χ0n) is 12.4. The first-order valence-electron chi connectivity index (χ1n) is 7.42. The minimum atomic E-state index is -0.550. The molecule has 2 heterocycles. The van der Waals surface area contributed by atoms with E-state index < -0.39 is 5.56 Å². The molecule has 7 nitrogen and oxygen atoms in total. The summed E-state index contributed by atoms with van der Waals surface area (Å²) in [5, 5.41) is 10.9. The van der Waals surface area contributed by atoms with Crippen LogP contribution in [0.3, 0.4) is 0 Å². The number of benzene rings is 1. The number of aromatic nitrogens is 3. The van der Waals surface area contributed by atoms with E-state index in [1.54, 1.807) is 29.2 Å². The Morgan fingerprint density at radius 3 is 2.61 bits per heavy atom. The van der Waals surface area contributed by atoms with Crippen molar-refractivity contribution in [2.75, 3.05) is 13.1 Å². The van der Waals surface area contributed by atoms with Gasteiger partial charge in [0.2, 0.25) is 5.69 Å². The smallest absolute Gasteiger partial charge is 0.320 e. The number of H-pyrrole nitrogens is 1. The largest absolute Gasteiger partial charge is 0.337 e. The van der Waals surface area contributed by atoms with Gasteiger partial charge in [-0.15, -0.1) is 9.89 Å². The lowest BCUT2D eigenvalue weighted by atomic mass is 10.1. The Kier molecular flexibility index (Phi) is 4.57. The Balaban J connectivity index is 1.77. The molecule has 1 aromatic heterocycles. The summed E-state index contributed by atoms with van der Waals surface area (Å²) < 4.78 is 0. The van der Waals surface area contributed by atoms with Gasteiger partial charge in [-0.3, -0.25) is 9.59 Å². The second-order valence-electron chi connectivity index (χ2n) is 5.33. The van der Waals surface area contributed by atoms with Crippen molar-refractivity contribution in [3.8, 4) is 0 Å². The average Bonchev–Trinajstić information content (AvgIpc) is 2.95. The summed E-state index contributed by atoms with van der Waals surface area (Å²) in [7, 11) is 0. The third-order valence-electron chi connectivity index (χ3n) is 3.69. The summed E-state index contributed by atoms with van der Waals surface area (Å²) in [6, 6.07) is 6.99. The van der Waals surface area contributed by atoms with Crippen LogP contribution >= 0.6 is 11.6 Å². The number of hydrogen-bond donors (Lipinski definition) is 1. The topological polar surface area (TPSA) is 83.3 Å². The SMILES string of the molecule is O=C(c1n[nH]n(N=Cc2ccc(Cl)cc2)c1=O)N1CCCCC1. The molecule has 8 heteroatoms. The zero-order valence-corrected chi connectivity index (χ0v) is 13.2. The van der Waals surface area contributed by atoms with Gasteiger partial charge >= 0.3 is 5.56 Å². The molecule has 1 aliphatic rings. The van der Waals surface area contributed by atoms with Crippen LogP contribution in [0.2, 0.25) is 5.02 Å². The number of halogens is 1. The molecule has 1 fully saturated rings. The van der Waals surface area contributed by atoms with Crippen molar-refractivity contribution in [2.24, 2.45) is 5.10 Å². The molecular formula is C15H16ClN5O2. The number of piperidine rings is 1. The Labute approximate surface area is 137 Å². The molecule has 0 atom stereocenters. The molecule has 1 amide bonds. The van der Waals surface area contributed by atoms with Gasteiger partial charge in [0.1, 0.15) is 0 Å². The highest BCUT2D eigenvalue weighted by Gasteiger charge is 2.24. The molecule has 2 aromatic rings. The molecule has 1 N–H and O–H groups in total. The fraction of sp³-hybridized carbons (Fsp3) is 0.333. The van der Waals surface area contributed by atoms with Crippen LogP contribution in [0.4, 0.5) is 0 Å². The van der Waals surface area contributed by atoms with Crippen molar-refractivity contribution in [1.82, 2.24) is 20.0 Å².